The fourth-order valence-corrected chi connectivity index (χ4v) is 3.56. The number of fused-ring (bicyclic) bond motifs is 1. The zero-order chi connectivity index (χ0) is 16.6. The molecule has 6 nitrogen and oxygen atoms in total. The number of carbonyl (C=O) groups is 1. The average Bonchev–Trinajstić information content (AvgIpc) is 2.87. The van der Waals surface area contributed by atoms with Crippen molar-refractivity contribution in [2.45, 2.75) is 12.6 Å². The van der Waals surface area contributed by atoms with E-state index in [2.05, 4.69) is 9.97 Å². The summed E-state index contributed by atoms with van der Waals surface area (Å²) in [6.45, 7) is 1.56. The molecule has 124 valence electrons. The maximum atomic E-state index is 12.5. The largest absolute Gasteiger partial charge is 0.465 e. The van der Waals surface area contributed by atoms with Gasteiger partial charge in [0.25, 0.3) is 0 Å². The Balaban J connectivity index is 1.85. The Kier molecular flexibility index (Phi) is 4.00. The molecule has 1 aliphatic rings. The van der Waals surface area contributed by atoms with E-state index in [0.717, 1.165) is 11.3 Å². The number of aromatic nitrogens is 2. The zero-order valence-electron chi connectivity index (χ0n) is 11.9. The molecule has 0 aromatic carbocycles. The first-order valence-electron chi connectivity index (χ1n) is 6.86. The first kappa shape index (κ1) is 15.8. The van der Waals surface area contributed by atoms with E-state index in [1.807, 2.05) is 4.90 Å². The van der Waals surface area contributed by atoms with Crippen LogP contribution in [0.2, 0.25) is 0 Å². The van der Waals surface area contributed by atoms with Gasteiger partial charge in [-0.2, -0.15) is 13.2 Å². The van der Waals surface area contributed by atoms with E-state index in [1.165, 1.54) is 17.3 Å². The fourth-order valence-electron chi connectivity index (χ4n) is 2.54. The molecule has 3 heterocycles. The summed E-state index contributed by atoms with van der Waals surface area (Å²) in [5.41, 5.74) is 0. The highest BCUT2D eigenvalue weighted by molar-refractivity contribution is 7.18. The Labute approximate surface area is 133 Å². The molecule has 0 saturated carbocycles. The number of rotatable bonds is 2. The molecule has 0 unspecified atom stereocenters. The van der Waals surface area contributed by atoms with E-state index < -0.39 is 18.7 Å². The van der Waals surface area contributed by atoms with E-state index in [4.69, 9.17) is 5.11 Å². The molecule has 1 N–H and O–H groups in total. The molecule has 1 fully saturated rings. The monoisotopic (exact) mass is 346 g/mol. The smallest absolute Gasteiger partial charge is 0.407 e. The van der Waals surface area contributed by atoms with E-state index in [1.54, 1.807) is 0 Å². The van der Waals surface area contributed by atoms with Gasteiger partial charge >= 0.3 is 12.3 Å². The van der Waals surface area contributed by atoms with Crippen molar-refractivity contribution >= 4 is 33.5 Å². The molecule has 0 aliphatic carbocycles. The second-order valence-electron chi connectivity index (χ2n) is 5.18. The van der Waals surface area contributed by atoms with Crippen LogP contribution in [0.5, 0.6) is 0 Å². The maximum absolute atomic E-state index is 12.5. The van der Waals surface area contributed by atoms with Crippen LogP contribution in [0.15, 0.2) is 12.4 Å². The van der Waals surface area contributed by atoms with Crippen molar-refractivity contribution < 1.29 is 23.1 Å². The number of thiophene rings is 1. The standard InChI is InChI=1S/C13H13F3N4O2S/c14-13(15,16)6-8-5-9-10(17-7-18-11(9)23-8)19-1-3-20(4-2-19)12(21)22/h5,7H,1-4,6H2,(H,21,22). The molecule has 2 aromatic heterocycles. The number of piperazine rings is 1. The lowest BCUT2D eigenvalue weighted by molar-refractivity contribution is -0.126. The summed E-state index contributed by atoms with van der Waals surface area (Å²) in [4.78, 5) is 23.0. The third kappa shape index (κ3) is 3.46. The van der Waals surface area contributed by atoms with Crippen LogP contribution in [-0.2, 0) is 6.42 Å². The van der Waals surface area contributed by atoms with Gasteiger partial charge in [-0.15, -0.1) is 11.3 Å². The van der Waals surface area contributed by atoms with Crippen LogP contribution >= 0.6 is 11.3 Å². The highest BCUT2D eigenvalue weighted by Crippen LogP contribution is 2.33. The predicted molar refractivity (Wildman–Crippen MR) is 79.0 cm³/mol. The van der Waals surface area contributed by atoms with Gasteiger partial charge in [0.05, 0.1) is 11.8 Å². The van der Waals surface area contributed by atoms with Crippen LogP contribution in [-0.4, -0.2) is 58.4 Å². The molecule has 1 aliphatic heterocycles. The molecule has 0 atom stereocenters. The zero-order valence-corrected chi connectivity index (χ0v) is 12.7. The van der Waals surface area contributed by atoms with Crippen molar-refractivity contribution in [3.8, 4) is 0 Å². The van der Waals surface area contributed by atoms with Crippen LogP contribution in [0.25, 0.3) is 10.2 Å². The van der Waals surface area contributed by atoms with Crippen molar-refractivity contribution in [3.63, 3.8) is 0 Å². The van der Waals surface area contributed by atoms with Crippen molar-refractivity contribution in [2.24, 2.45) is 0 Å². The second kappa shape index (κ2) is 5.84. The van der Waals surface area contributed by atoms with Crippen molar-refractivity contribution in [2.75, 3.05) is 31.1 Å². The number of alkyl halides is 3. The third-order valence-corrected chi connectivity index (χ3v) is 4.63. The number of amides is 1. The van der Waals surface area contributed by atoms with Gasteiger partial charge in [0.1, 0.15) is 17.0 Å². The van der Waals surface area contributed by atoms with Crippen LogP contribution < -0.4 is 4.90 Å². The van der Waals surface area contributed by atoms with E-state index in [-0.39, 0.29) is 4.88 Å². The quantitative estimate of drug-likeness (QED) is 0.905. The minimum atomic E-state index is -4.26. The Morgan fingerprint density at radius 2 is 1.96 bits per heavy atom. The number of carboxylic acid groups (broad SMARTS) is 1. The molecule has 0 spiro atoms. The SMILES string of the molecule is O=C(O)N1CCN(c2ncnc3sc(CC(F)(F)F)cc23)CC1. The van der Waals surface area contributed by atoms with Crippen molar-refractivity contribution in [3.05, 3.63) is 17.3 Å². The van der Waals surface area contributed by atoms with E-state index >= 15 is 0 Å². The van der Waals surface area contributed by atoms with Crippen LogP contribution in [0.1, 0.15) is 4.88 Å². The summed E-state index contributed by atoms with van der Waals surface area (Å²) < 4.78 is 37.6. The molecule has 3 rings (SSSR count). The molecule has 2 aromatic rings. The summed E-state index contributed by atoms with van der Waals surface area (Å²) in [5.74, 6) is 0.560. The average molecular weight is 346 g/mol. The van der Waals surface area contributed by atoms with E-state index in [9.17, 15) is 18.0 Å². The number of anilines is 1. The lowest BCUT2D eigenvalue weighted by Crippen LogP contribution is -2.48. The first-order valence-corrected chi connectivity index (χ1v) is 7.68. The molecule has 10 heteroatoms. The van der Waals surface area contributed by atoms with Gasteiger partial charge < -0.3 is 14.9 Å². The van der Waals surface area contributed by atoms with Gasteiger partial charge in [-0.25, -0.2) is 14.8 Å². The van der Waals surface area contributed by atoms with Gasteiger partial charge in [-0.1, -0.05) is 0 Å². The Morgan fingerprint density at radius 3 is 2.57 bits per heavy atom. The van der Waals surface area contributed by atoms with Crippen molar-refractivity contribution in [1.29, 1.82) is 0 Å². The molecule has 1 amide bonds. The summed E-state index contributed by atoms with van der Waals surface area (Å²) in [6.07, 6.45) is -4.89. The molecular weight excluding hydrogens is 333 g/mol. The maximum Gasteiger partial charge on any atom is 0.407 e. The van der Waals surface area contributed by atoms with Gasteiger partial charge in [-0.05, 0) is 6.07 Å². The van der Waals surface area contributed by atoms with Crippen LogP contribution in [0.4, 0.5) is 23.8 Å². The van der Waals surface area contributed by atoms with Crippen molar-refractivity contribution in [1.82, 2.24) is 14.9 Å². The molecule has 23 heavy (non-hydrogen) atoms. The molecule has 1 saturated heterocycles. The molecule has 0 bridgehead atoms. The Hall–Kier alpha value is -2.10. The van der Waals surface area contributed by atoms with E-state index in [0.29, 0.717) is 42.2 Å². The minimum Gasteiger partial charge on any atom is -0.465 e. The van der Waals surface area contributed by atoms with Gasteiger partial charge in [0.2, 0.25) is 0 Å². The summed E-state index contributed by atoms with van der Waals surface area (Å²) in [7, 11) is 0. The number of nitrogens with zero attached hydrogens (tertiary/aromatic N) is 4. The number of hydrogen-bond donors (Lipinski definition) is 1. The highest BCUT2D eigenvalue weighted by atomic mass is 32.1. The normalized spacial score (nSPS) is 16.1. The van der Waals surface area contributed by atoms with Gasteiger partial charge in [-0.3, -0.25) is 0 Å². The van der Waals surface area contributed by atoms with Crippen LogP contribution in [0, 0.1) is 0 Å². The molecule has 0 radical (unpaired) electrons. The lowest BCUT2D eigenvalue weighted by atomic mass is 10.2. The number of hydrogen-bond acceptors (Lipinski definition) is 5. The van der Waals surface area contributed by atoms with Gasteiger partial charge in [0, 0.05) is 31.1 Å². The Morgan fingerprint density at radius 1 is 1.26 bits per heavy atom. The highest BCUT2D eigenvalue weighted by Gasteiger charge is 2.29. The van der Waals surface area contributed by atoms with Crippen LogP contribution in [0.3, 0.4) is 0 Å². The topological polar surface area (TPSA) is 69.6 Å². The molecular formula is C13H13F3N4O2S. The summed E-state index contributed by atoms with van der Waals surface area (Å²) >= 11 is 1.01. The first-order chi connectivity index (χ1) is 10.8. The third-order valence-electron chi connectivity index (χ3n) is 3.58. The second-order valence-corrected chi connectivity index (χ2v) is 6.29. The fraction of sp³-hybridized carbons (Fsp3) is 0.462. The summed E-state index contributed by atoms with van der Waals surface area (Å²) in [6, 6.07) is 1.48. The predicted octanol–water partition coefficient (Wildman–Crippen LogP) is 2.60. The summed E-state index contributed by atoms with van der Waals surface area (Å²) in [5, 5.41) is 9.54. The Bertz CT molecular complexity index is 726. The lowest BCUT2D eigenvalue weighted by Gasteiger charge is -2.34. The minimum absolute atomic E-state index is 0.193. The van der Waals surface area contributed by atoms with Gasteiger partial charge in [0.15, 0.2) is 0 Å². The number of halogens is 3.